The number of benzene rings is 1. The zero-order valence-electron chi connectivity index (χ0n) is 17.4. The van der Waals surface area contributed by atoms with Crippen molar-refractivity contribution < 1.29 is 0 Å². The molecule has 1 aromatic carbocycles. The van der Waals surface area contributed by atoms with Gasteiger partial charge in [-0.05, 0) is 62.4 Å². The molecule has 1 unspecified atom stereocenters. The number of nitrogens with zero attached hydrogens (tertiary/aromatic N) is 4. The quantitative estimate of drug-likeness (QED) is 0.586. The van der Waals surface area contributed by atoms with Crippen LogP contribution in [0.5, 0.6) is 0 Å². The van der Waals surface area contributed by atoms with Crippen molar-refractivity contribution in [3.05, 3.63) is 59.4 Å². The molecule has 29 heavy (non-hydrogen) atoms. The lowest BCUT2D eigenvalue weighted by Crippen LogP contribution is -2.51. The molecule has 3 rings (SSSR count). The van der Waals surface area contributed by atoms with Crippen LogP contribution < -0.4 is 15.5 Å². The molecular formula is C23H30N6. The monoisotopic (exact) mass is 390 g/mol. The molecule has 152 valence electrons. The van der Waals surface area contributed by atoms with Crippen LogP contribution in [0, 0.1) is 18.3 Å². The van der Waals surface area contributed by atoms with Crippen molar-refractivity contribution in [2.24, 2.45) is 4.99 Å². The van der Waals surface area contributed by atoms with Gasteiger partial charge in [0.05, 0.1) is 11.3 Å². The molecule has 1 aliphatic rings. The van der Waals surface area contributed by atoms with Gasteiger partial charge in [0.1, 0.15) is 6.07 Å². The molecule has 6 heteroatoms. The van der Waals surface area contributed by atoms with Crippen LogP contribution in [0.2, 0.25) is 0 Å². The number of pyridine rings is 1. The molecule has 2 N–H and O–H groups in total. The van der Waals surface area contributed by atoms with E-state index in [1.165, 1.54) is 11.1 Å². The van der Waals surface area contributed by atoms with Gasteiger partial charge < -0.3 is 15.5 Å². The van der Waals surface area contributed by atoms with Gasteiger partial charge in [0.25, 0.3) is 0 Å². The first-order valence-electron chi connectivity index (χ1n) is 10.4. The highest BCUT2D eigenvalue weighted by Gasteiger charge is 2.22. The largest absolute Gasteiger partial charge is 0.368 e. The fourth-order valence-electron chi connectivity index (χ4n) is 3.74. The SMILES string of the molecule is CCNC(=NCCc1ccncc1C)NC1CCCN(c2ccccc2C#N)C1. The molecule has 2 heterocycles. The third kappa shape index (κ3) is 5.71. The van der Waals surface area contributed by atoms with Gasteiger partial charge in [-0.3, -0.25) is 9.98 Å². The van der Waals surface area contributed by atoms with E-state index in [-0.39, 0.29) is 0 Å². The number of nitriles is 1. The Hall–Kier alpha value is -3.07. The summed E-state index contributed by atoms with van der Waals surface area (Å²) in [5, 5.41) is 16.4. The molecule has 1 fully saturated rings. The maximum absolute atomic E-state index is 9.42. The van der Waals surface area contributed by atoms with Gasteiger partial charge in [-0.1, -0.05) is 12.1 Å². The van der Waals surface area contributed by atoms with Crippen LogP contribution in [-0.4, -0.2) is 43.2 Å². The summed E-state index contributed by atoms with van der Waals surface area (Å²) >= 11 is 0. The Morgan fingerprint density at radius 1 is 1.34 bits per heavy atom. The lowest BCUT2D eigenvalue weighted by atomic mass is 10.0. The number of piperidine rings is 1. The van der Waals surface area contributed by atoms with Crippen molar-refractivity contribution in [2.45, 2.75) is 39.2 Å². The maximum Gasteiger partial charge on any atom is 0.191 e. The number of aryl methyl sites for hydroxylation is 1. The third-order valence-electron chi connectivity index (χ3n) is 5.26. The Morgan fingerprint density at radius 2 is 2.21 bits per heavy atom. The van der Waals surface area contributed by atoms with Crippen molar-refractivity contribution in [1.82, 2.24) is 15.6 Å². The number of aromatic nitrogens is 1. The Labute approximate surface area is 173 Å². The minimum atomic E-state index is 0.302. The Kier molecular flexibility index (Phi) is 7.46. The van der Waals surface area contributed by atoms with Gasteiger partial charge in [0, 0.05) is 44.6 Å². The summed E-state index contributed by atoms with van der Waals surface area (Å²) in [5.74, 6) is 0.861. The number of anilines is 1. The topological polar surface area (TPSA) is 76.3 Å². The van der Waals surface area contributed by atoms with E-state index in [2.05, 4.69) is 46.5 Å². The van der Waals surface area contributed by atoms with Crippen molar-refractivity contribution in [1.29, 1.82) is 5.26 Å². The number of para-hydroxylation sites is 1. The van der Waals surface area contributed by atoms with Crippen LogP contribution in [0.15, 0.2) is 47.7 Å². The Bertz CT molecular complexity index is 870. The average molecular weight is 391 g/mol. The lowest BCUT2D eigenvalue weighted by Gasteiger charge is -2.35. The van der Waals surface area contributed by atoms with Crippen LogP contribution in [0.4, 0.5) is 5.69 Å². The number of guanidine groups is 1. The first-order valence-corrected chi connectivity index (χ1v) is 10.4. The minimum Gasteiger partial charge on any atom is -0.368 e. The second-order valence-electron chi connectivity index (χ2n) is 7.37. The number of nitrogens with one attached hydrogen (secondary N) is 2. The molecule has 0 bridgehead atoms. The molecule has 1 atom stereocenters. The normalized spacial score (nSPS) is 16.9. The fourth-order valence-corrected chi connectivity index (χ4v) is 3.74. The first kappa shape index (κ1) is 20.7. The van der Waals surface area contributed by atoms with Crippen LogP contribution >= 0.6 is 0 Å². The van der Waals surface area contributed by atoms with Crippen molar-refractivity contribution in [2.75, 3.05) is 31.1 Å². The summed E-state index contributed by atoms with van der Waals surface area (Å²) in [6.45, 7) is 7.58. The summed E-state index contributed by atoms with van der Waals surface area (Å²) in [7, 11) is 0. The van der Waals surface area contributed by atoms with Gasteiger partial charge >= 0.3 is 0 Å². The Morgan fingerprint density at radius 3 is 3.00 bits per heavy atom. The van der Waals surface area contributed by atoms with Crippen LogP contribution in [0.3, 0.4) is 0 Å². The summed E-state index contributed by atoms with van der Waals surface area (Å²) in [5.41, 5.74) is 4.26. The van der Waals surface area contributed by atoms with Gasteiger partial charge in [0.2, 0.25) is 0 Å². The van der Waals surface area contributed by atoms with Gasteiger partial charge in [-0.25, -0.2) is 0 Å². The van der Waals surface area contributed by atoms with Crippen molar-refractivity contribution >= 4 is 11.6 Å². The third-order valence-corrected chi connectivity index (χ3v) is 5.26. The van der Waals surface area contributed by atoms with Crippen LogP contribution in [0.1, 0.15) is 36.5 Å². The van der Waals surface area contributed by atoms with E-state index in [9.17, 15) is 5.26 Å². The molecule has 0 radical (unpaired) electrons. The highest BCUT2D eigenvalue weighted by Crippen LogP contribution is 2.23. The van der Waals surface area contributed by atoms with Gasteiger partial charge in [0.15, 0.2) is 5.96 Å². The molecule has 1 saturated heterocycles. The zero-order valence-corrected chi connectivity index (χ0v) is 17.4. The number of rotatable bonds is 6. The summed E-state index contributed by atoms with van der Waals surface area (Å²) in [4.78, 5) is 11.2. The van der Waals surface area contributed by atoms with Gasteiger partial charge in [-0.15, -0.1) is 0 Å². The summed E-state index contributed by atoms with van der Waals surface area (Å²) in [6, 6.07) is 12.5. The summed E-state index contributed by atoms with van der Waals surface area (Å²) < 4.78 is 0. The predicted octanol–water partition coefficient (Wildman–Crippen LogP) is 3.03. The van der Waals surface area contributed by atoms with Crippen molar-refractivity contribution in [3.63, 3.8) is 0 Å². The number of aliphatic imine (C=N–C) groups is 1. The standard InChI is InChI=1S/C23H30N6/c1-3-26-23(27-13-11-19-10-12-25-16-18(19)2)28-21-8-6-14-29(17-21)22-9-5-4-7-20(22)15-24/h4-5,7,9-10,12,16,21H,3,6,8,11,13-14,17H2,1-2H3,(H2,26,27,28). The van der Waals surface area contributed by atoms with Crippen LogP contribution in [0.25, 0.3) is 0 Å². The molecule has 0 saturated carbocycles. The molecule has 1 aromatic heterocycles. The van der Waals surface area contributed by atoms with E-state index in [0.29, 0.717) is 6.04 Å². The molecule has 0 aliphatic carbocycles. The highest BCUT2D eigenvalue weighted by molar-refractivity contribution is 5.80. The Balaban J connectivity index is 1.62. The maximum atomic E-state index is 9.42. The predicted molar refractivity (Wildman–Crippen MR) is 118 cm³/mol. The van der Waals surface area contributed by atoms with Crippen LogP contribution in [-0.2, 0) is 6.42 Å². The zero-order chi connectivity index (χ0) is 20.5. The van der Waals surface area contributed by atoms with E-state index in [1.54, 1.807) is 0 Å². The van der Waals surface area contributed by atoms with Gasteiger partial charge in [-0.2, -0.15) is 5.26 Å². The van der Waals surface area contributed by atoms with E-state index in [1.807, 2.05) is 36.7 Å². The molecule has 0 amide bonds. The second-order valence-corrected chi connectivity index (χ2v) is 7.37. The smallest absolute Gasteiger partial charge is 0.191 e. The van der Waals surface area contributed by atoms with E-state index < -0.39 is 0 Å². The molecular weight excluding hydrogens is 360 g/mol. The van der Waals surface area contributed by atoms with E-state index in [4.69, 9.17) is 4.99 Å². The molecule has 0 spiro atoms. The minimum absolute atomic E-state index is 0.302. The highest BCUT2D eigenvalue weighted by atomic mass is 15.2. The molecule has 2 aromatic rings. The fraction of sp³-hybridized carbons (Fsp3) is 0.435. The molecule has 6 nitrogen and oxygen atoms in total. The first-order chi connectivity index (χ1) is 14.2. The number of hydrogen-bond donors (Lipinski definition) is 2. The van der Waals surface area contributed by atoms with E-state index >= 15 is 0 Å². The molecule has 1 aliphatic heterocycles. The van der Waals surface area contributed by atoms with E-state index in [0.717, 1.165) is 62.7 Å². The summed E-state index contributed by atoms with van der Waals surface area (Å²) in [6.07, 6.45) is 6.83. The second kappa shape index (κ2) is 10.5. The lowest BCUT2D eigenvalue weighted by molar-refractivity contribution is 0.468. The number of hydrogen-bond acceptors (Lipinski definition) is 4. The average Bonchev–Trinajstić information content (AvgIpc) is 2.75. The van der Waals surface area contributed by atoms with Crippen molar-refractivity contribution in [3.8, 4) is 6.07 Å².